The lowest BCUT2D eigenvalue weighted by Gasteiger charge is -2.47. The second-order valence-corrected chi connectivity index (χ2v) is 21.3. The minimum atomic E-state index is -2.11. The summed E-state index contributed by atoms with van der Waals surface area (Å²) in [6.45, 7) is 8.56. The van der Waals surface area contributed by atoms with Crippen LogP contribution in [0.4, 0.5) is 0 Å². The molecule has 0 saturated carbocycles. The van der Waals surface area contributed by atoms with Crippen molar-refractivity contribution in [3.8, 4) is 0 Å². The van der Waals surface area contributed by atoms with Gasteiger partial charge >= 0.3 is 0 Å². The van der Waals surface area contributed by atoms with E-state index in [2.05, 4.69) is 249 Å². The largest absolute Gasteiger partial charge is 0.356 e. The van der Waals surface area contributed by atoms with Crippen LogP contribution in [-0.4, -0.2) is 22.9 Å². The maximum atomic E-state index is 8.72. The minimum absolute atomic E-state index is 0.0789. The first-order valence-corrected chi connectivity index (χ1v) is 26.1. The van der Waals surface area contributed by atoms with Gasteiger partial charge in [0, 0.05) is 6.20 Å². The van der Waals surface area contributed by atoms with Gasteiger partial charge in [-0.2, -0.15) is 0 Å². The molecule has 6 heteroatoms. The molecule has 71 heavy (non-hydrogen) atoms. The molecule has 2 saturated heterocycles. The number of fused-ring (bicyclic) bond motifs is 6. The van der Waals surface area contributed by atoms with Crippen LogP contribution < -0.4 is 0 Å². The van der Waals surface area contributed by atoms with Gasteiger partial charge in [-0.3, -0.25) is 0 Å². The van der Waals surface area contributed by atoms with Crippen molar-refractivity contribution in [2.75, 3.05) is 0 Å². The van der Waals surface area contributed by atoms with Crippen LogP contribution in [0.1, 0.15) is 77.1 Å². The quantitative estimate of drug-likeness (QED) is 0.149. The average molecular weight is 944 g/mol. The summed E-state index contributed by atoms with van der Waals surface area (Å²) < 4.78 is 33.0. The van der Waals surface area contributed by atoms with Gasteiger partial charge in [-0.1, -0.05) is 224 Å². The first-order chi connectivity index (χ1) is 34.7. The molecular weight excluding hydrogens is 890 g/mol. The summed E-state index contributed by atoms with van der Waals surface area (Å²) in [5, 5.41) is 8.70. The van der Waals surface area contributed by atoms with E-state index in [0.717, 1.165) is 76.5 Å². The number of ether oxygens (including phenoxy) is 2. The molecule has 4 atom stereocenters. The summed E-state index contributed by atoms with van der Waals surface area (Å²) in [5.41, 5.74) is 5.91. The zero-order valence-corrected chi connectivity index (χ0v) is 41.2. The van der Waals surface area contributed by atoms with Crippen LogP contribution in [0.25, 0.3) is 49.2 Å². The van der Waals surface area contributed by atoms with Crippen LogP contribution in [0.5, 0.6) is 0 Å². The molecule has 5 nitrogen and oxygen atoms in total. The van der Waals surface area contributed by atoms with Crippen molar-refractivity contribution in [1.82, 2.24) is 4.90 Å². The standard InChI is InChI=1S/C65H54NO4P/c1-43-38-39-55-50(42-43)40-41-66(44(2)45-20-6-5-7-21-45)62(55)71-69-64(56-34-16-26-46-22-8-12-30-51(46)56,57-35-17-27-47-23-9-13-31-52(47)57)60-61(68-63(3,4)67-60)65(70-71,58-36-18-28-48-24-10-14-32-53(48)58)59-37-19-29-49-25-11-15-33-54(49)59/h5-42,44,60-62H,1-4H3. The fraction of sp³-hybridized carbons (Fsp3) is 0.169. The van der Waals surface area contributed by atoms with Crippen LogP contribution >= 0.6 is 8.38 Å². The van der Waals surface area contributed by atoms with Gasteiger partial charge < -0.3 is 23.4 Å². The zero-order chi connectivity index (χ0) is 47.9. The molecule has 10 aromatic carbocycles. The Bertz CT molecular complexity index is 3340. The summed E-state index contributed by atoms with van der Waals surface area (Å²) in [5.74, 6) is -1.52. The highest BCUT2D eigenvalue weighted by atomic mass is 31.2. The van der Waals surface area contributed by atoms with Crippen molar-refractivity contribution < 1.29 is 18.5 Å². The van der Waals surface area contributed by atoms with Crippen LogP contribution in [0.3, 0.4) is 0 Å². The summed E-state index contributed by atoms with van der Waals surface area (Å²) in [6.07, 6.45) is 2.95. The lowest BCUT2D eigenvalue weighted by atomic mass is 9.69. The monoisotopic (exact) mass is 943 g/mol. The van der Waals surface area contributed by atoms with Crippen molar-refractivity contribution in [3.63, 3.8) is 0 Å². The third-order valence-electron chi connectivity index (χ3n) is 15.3. The highest BCUT2D eigenvalue weighted by molar-refractivity contribution is 7.47. The Balaban J connectivity index is 1.23. The molecule has 3 aliphatic rings. The highest BCUT2D eigenvalue weighted by Gasteiger charge is 2.69. The Morgan fingerprint density at radius 2 is 0.859 bits per heavy atom. The molecule has 0 radical (unpaired) electrons. The smallest absolute Gasteiger partial charge is 0.202 e. The molecule has 0 aliphatic carbocycles. The third-order valence-corrected chi connectivity index (χ3v) is 17.2. The fourth-order valence-corrected chi connectivity index (χ4v) is 14.5. The Morgan fingerprint density at radius 1 is 0.465 bits per heavy atom. The lowest BCUT2D eigenvalue weighted by Crippen LogP contribution is -2.54. The molecule has 348 valence electrons. The first kappa shape index (κ1) is 44.0. The number of benzene rings is 10. The van der Waals surface area contributed by atoms with Crippen LogP contribution in [-0.2, 0) is 29.7 Å². The number of rotatable bonds is 7. The van der Waals surface area contributed by atoms with Gasteiger partial charge in [-0.15, -0.1) is 0 Å². The minimum Gasteiger partial charge on any atom is -0.356 e. The SMILES string of the molecule is Cc1ccc2c(c1)C=CN(C(C)c1ccccc1)C2P1OC(c2cccc3ccccc23)(c2cccc3ccccc23)C2OC(C)(C)OC2C(c2cccc3ccccc23)(c2cccc3ccccc23)O1. The normalized spacial score (nSPS) is 21.5. The molecule has 2 fully saturated rings. The molecule has 0 amide bonds. The van der Waals surface area contributed by atoms with Gasteiger partial charge in [-0.25, -0.2) is 0 Å². The van der Waals surface area contributed by atoms with Crippen molar-refractivity contribution in [3.05, 3.63) is 269 Å². The third kappa shape index (κ3) is 7.01. The molecule has 3 heterocycles. The van der Waals surface area contributed by atoms with E-state index in [-0.39, 0.29) is 6.04 Å². The van der Waals surface area contributed by atoms with Crippen molar-refractivity contribution >= 4 is 57.5 Å². The summed E-state index contributed by atoms with van der Waals surface area (Å²) in [6, 6.07) is 78.8. The Hall–Kier alpha value is -6.95. The van der Waals surface area contributed by atoms with Crippen LogP contribution in [0.15, 0.2) is 225 Å². The van der Waals surface area contributed by atoms with E-state index in [1.54, 1.807) is 0 Å². The van der Waals surface area contributed by atoms with E-state index in [1.807, 2.05) is 13.8 Å². The van der Waals surface area contributed by atoms with Crippen molar-refractivity contribution in [2.45, 2.75) is 68.7 Å². The van der Waals surface area contributed by atoms with Crippen molar-refractivity contribution in [1.29, 1.82) is 0 Å². The molecule has 4 unspecified atom stereocenters. The van der Waals surface area contributed by atoms with Crippen LogP contribution in [0, 0.1) is 6.92 Å². The van der Waals surface area contributed by atoms with Gasteiger partial charge in [0.05, 0.1) is 6.04 Å². The molecule has 0 N–H and O–H groups in total. The summed E-state index contributed by atoms with van der Waals surface area (Å²) in [4.78, 5) is 2.49. The predicted molar refractivity (Wildman–Crippen MR) is 290 cm³/mol. The van der Waals surface area contributed by atoms with E-state index in [4.69, 9.17) is 18.5 Å². The van der Waals surface area contributed by atoms with E-state index in [9.17, 15) is 0 Å². The predicted octanol–water partition coefficient (Wildman–Crippen LogP) is 16.4. The second-order valence-electron chi connectivity index (χ2n) is 19.9. The van der Waals surface area contributed by atoms with E-state index < -0.39 is 43.4 Å². The van der Waals surface area contributed by atoms with Crippen molar-refractivity contribution in [2.24, 2.45) is 0 Å². The molecule has 10 aromatic rings. The van der Waals surface area contributed by atoms with Gasteiger partial charge in [0.1, 0.15) is 18.0 Å². The maximum absolute atomic E-state index is 8.72. The zero-order valence-electron chi connectivity index (χ0n) is 40.3. The molecule has 3 aliphatic heterocycles. The van der Waals surface area contributed by atoms with E-state index in [0.29, 0.717) is 0 Å². The molecule has 0 bridgehead atoms. The Morgan fingerprint density at radius 3 is 1.30 bits per heavy atom. The van der Waals surface area contributed by atoms with E-state index >= 15 is 0 Å². The molecular formula is C65H54NO4P. The van der Waals surface area contributed by atoms with Gasteiger partial charge in [-0.05, 0) is 116 Å². The number of nitrogens with zero attached hydrogens (tertiary/aromatic N) is 1. The molecule has 13 rings (SSSR count). The number of hydrogen-bond acceptors (Lipinski definition) is 5. The molecule has 0 spiro atoms. The second kappa shape index (κ2) is 17.1. The summed E-state index contributed by atoms with van der Waals surface area (Å²) in [7, 11) is -2.11. The van der Waals surface area contributed by atoms with E-state index in [1.165, 1.54) is 11.1 Å². The Kier molecular flexibility index (Phi) is 10.6. The van der Waals surface area contributed by atoms with Gasteiger partial charge in [0.15, 0.2) is 17.0 Å². The Labute approximate surface area is 416 Å². The average Bonchev–Trinajstić information content (AvgIpc) is 3.70. The highest BCUT2D eigenvalue weighted by Crippen LogP contribution is 2.72. The lowest BCUT2D eigenvalue weighted by molar-refractivity contribution is -0.174. The van der Waals surface area contributed by atoms with Crippen LogP contribution in [0.2, 0.25) is 0 Å². The summed E-state index contributed by atoms with van der Waals surface area (Å²) >= 11 is 0. The fourth-order valence-electron chi connectivity index (χ4n) is 12.1. The van der Waals surface area contributed by atoms with Gasteiger partial charge in [0.2, 0.25) is 8.38 Å². The molecule has 0 aromatic heterocycles. The maximum Gasteiger partial charge on any atom is 0.202 e. The first-order valence-electron chi connectivity index (χ1n) is 24.8. The number of aryl methyl sites for hydroxylation is 1. The van der Waals surface area contributed by atoms with Gasteiger partial charge in [0.25, 0.3) is 0 Å². The number of hydrogen-bond donors (Lipinski definition) is 0. The topological polar surface area (TPSA) is 40.2 Å².